The van der Waals surface area contributed by atoms with Crippen molar-refractivity contribution in [3.8, 4) is 11.5 Å². The monoisotopic (exact) mass is 399 g/mol. The van der Waals surface area contributed by atoms with Crippen molar-refractivity contribution in [3.05, 3.63) is 47.5 Å². The highest BCUT2D eigenvalue weighted by atomic mass is 16.7. The lowest BCUT2D eigenvalue weighted by Crippen LogP contribution is -2.36. The molecular formula is C22H29N3O4. The van der Waals surface area contributed by atoms with E-state index in [-0.39, 0.29) is 37.2 Å². The Bertz CT molecular complexity index is 845. The molecule has 4 atom stereocenters. The van der Waals surface area contributed by atoms with E-state index in [1.54, 1.807) is 6.20 Å². The van der Waals surface area contributed by atoms with E-state index in [2.05, 4.69) is 29.1 Å². The van der Waals surface area contributed by atoms with E-state index in [0.29, 0.717) is 19.4 Å². The lowest BCUT2D eigenvalue weighted by atomic mass is 9.88. The molecule has 0 unspecified atom stereocenters. The second kappa shape index (κ2) is 8.65. The maximum atomic E-state index is 10.5. The Labute approximate surface area is 171 Å². The SMILES string of the molecule is CC(C)c1nccc(C[C@@H]2[C@@H](CO)[C@H](O)C[C@H]2NCc2ccc3c(c2)OCO3)n1. The number of aliphatic hydroxyl groups is 2. The molecule has 0 saturated heterocycles. The second-order valence-corrected chi connectivity index (χ2v) is 8.25. The molecule has 1 aromatic carbocycles. The maximum absolute atomic E-state index is 10.5. The summed E-state index contributed by atoms with van der Waals surface area (Å²) in [5.74, 6) is 2.56. The van der Waals surface area contributed by atoms with Crippen LogP contribution in [0.2, 0.25) is 0 Å². The number of fused-ring (bicyclic) bond motifs is 1. The van der Waals surface area contributed by atoms with Gasteiger partial charge in [0.25, 0.3) is 0 Å². The van der Waals surface area contributed by atoms with Crippen molar-refractivity contribution in [3.63, 3.8) is 0 Å². The molecule has 0 radical (unpaired) electrons. The van der Waals surface area contributed by atoms with Gasteiger partial charge < -0.3 is 25.0 Å². The lowest BCUT2D eigenvalue weighted by molar-refractivity contribution is 0.0716. The quantitative estimate of drug-likeness (QED) is 0.655. The summed E-state index contributed by atoms with van der Waals surface area (Å²) < 4.78 is 10.8. The highest BCUT2D eigenvalue weighted by Crippen LogP contribution is 2.36. The summed E-state index contributed by atoms with van der Waals surface area (Å²) in [5.41, 5.74) is 2.05. The number of hydrogen-bond donors (Lipinski definition) is 3. The van der Waals surface area contributed by atoms with E-state index in [9.17, 15) is 10.2 Å². The third kappa shape index (κ3) is 4.37. The molecule has 0 bridgehead atoms. The normalized spacial score (nSPS) is 25.7. The van der Waals surface area contributed by atoms with Gasteiger partial charge >= 0.3 is 0 Å². The Balaban J connectivity index is 1.47. The molecule has 1 aromatic heterocycles. The molecular weight excluding hydrogens is 370 g/mol. The molecule has 1 aliphatic carbocycles. The Morgan fingerprint density at radius 3 is 2.79 bits per heavy atom. The Morgan fingerprint density at radius 2 is 2.00 bits per heavy atom. The summed E-state index contributed by atoms with van der Waals surface area (Å²) in [7, 11) is 0. The van der Waals surface area contributed by atoms with Crippen molar-refractivity contribution < 1.29 is 19.7 Å². The molecule has 4 rings (SSSR count). The largest absolute Gasteiger partial charge is 0.454 e. The molecule has 3 N–H and O–H groups in total. The highest BCUT2D eigenvalue weighted by molar-refractivity contribution is 5.44. The number of nitrogens with one attached hydrogen (secondary N) is 1. The van der Waals surface area contributed by atoms with E-state index in [1.165, 1.54) is 0 Å². The molecule has 2 aliphatic rings. The maximum Gasteiger partial charge on any atom is 0.231 e. The summed E-state index contributed by atoms with van der Waals surface area (Å²) in [4.78, 5) is 9.03. The van der Waals surface area contributed by atoms with Gasteiger partial charge in [0.05, 0.1) is 6.10 Å². The molecule has 1 saturated carbocycles. The Kier molecular flexibility index (Phi) is 5.99. The molecule has 1 aliphatic heterocycles. The van der Waals surface area contributed by atoms with Gasteiger partial charge in [0.15, 0.2) is 11.5 Å². The first kappa shape index (κ1) is 20.1. The Morgan fingerprint density at radius 1 is 1.17 bits per heavy atom. The van der Waals surface area contributed by atoms with Crippen LogP contribution in [0.4, 0.5) is 0 Å². The highest BCUT2D eigenvalue weighted by Gasteiger charge is 2.42. The van der Waals surface area contributed by atoms with Gasteiger partial charge in [0, 0.05) is 42.9 Å². The summed E-state index contributed by atoms with van der Waals surface area (Å²) >= 11 is 0. The van der Waals surface area contributed by atoms with Crippen molar-refractivity contribution in [2.45, 2.75) is 51.3 Å². The van der Waals surface area contributed by atoms with Crippen molar-refractivity contribution >= 4 is 0 Å². The first-order valence-electron chi connectivity index (χ1n) is 10.3. The molecule has 29 heavy (non-hydrogen) atoms. The first-order chi connectivity index (χ1) is 14.0. The molecule has 0 spiro atoms. The third-order valence-corrected chi connectivity index (χ3v) is 5.97. The van der Waals surface area contributed by atoms with Crippen LogP contribution in [0.5, 0.6) is 11.5 Å². The van der Waals surface area contributed by atoms with E-state index in [4.69, 9.17) is 9.47 Å². The minimum absolute atomic E-state index is 0.0316. The molecule has 156 valence electrons. The zero-order chi connectivity index (χ0) is 20.4. The van der Waals surface area contributed by atoms with Crippen LogP contribution in [0, 0.1) is 11.8 Å². The van der Waals surface area contributed by atoms with Crippen molar-refractivity contribution in [2.75, 3.05) is 13.4 Å². The zero-order valence-electron chi connectivity index (χ0n) is 16.9. The number of rotatable bonds is 7. The van der Waals surface area contributed by atoms with Crippen LogP contribution in [0.15, 0.2) is 30.5 Å². The van der Waals surface area contributed by atoms with Crippen LogP contribution in [-0.4, -0.2) is 45.7 Å². The summed E-state index contributed by atoms with van der Waals surface area (Å²) in [6.45, 7) is 5.04. The van der Waals surface area contributed by atoms with Crippen molar-refractivity contribution in [1.82, 2.24) is 15.3 Å². The minimum atomic E-state index is -0.523. The molecule has 2 aromatic rings. The summed E-state index contributed by atoms with van der Waals surface area (Å²) in [6.07, 6.45) is 2.59. The van der Waals surface area contributed by atoms with E-state index < -0.39 is 6.10 Å². The van der Waals surface area contributed by atoms with Gasteiger partial charge in [-0.2, -0.15) is 0 Å². The van der Waals surface area contributed by atoms with Gasteiger partial charge in [-0.1, -0.05) is 19.9 Å². The fourth-order valence-corrected chi connectivity index (χ4v) is 4.33. The predicted octanol–water partition coefficient (Wildman–Crippen LogP) is 2.02. The van der Waals surface area contributed by atoms with Crippen molar-refractivity contribution in [2.24, 2.45) is 11.8 Å². The summed E-state index contributed by atoms with van der Waals surface area (Å²) in [6, 6.07) is 7.94. The molecule has 7 nitrogen and oxygen atoms in total. The topological polar surface area (TPSA) is 96.7 Å². The zero-order valence-corrected chi connectivity index (χ0v) is 16.9. The number of aromatic nitrogens is 2. The molecule has 7 heteroatoms. The number of benzene rings is 1. The van der Waals surface area contributed by atoms with Crippen LogP contribution < -0.4 is 14.8 Å². The average Bonchev–Trinajstić information content (AvgIpc) is 3.30. The first-order valence-corrected chi connectivity index (χ1v) is 10.3. The Hall–Kier alpha value is -2.22. The number of ether oxygens (including phenoxy) is 2. The van der Waals surface area contributed by atoms with Gasteiger partial charge in [-0.25, -0.2) is 9.97 Å². The van der Waals surface area contributed by atoms with Gasteiger partial charge in [-0.05, 0) is 42.5 Å². The molecule has 1 fully saturated rings. The summed E-state index contributed by atoms with van der Waals surface area (Å²) in [5, 5.41) is 24.0. The lowest BCUT2D eigenvalue weighted by Gasteiger charge is -2.25. The van der Waals surface area contributed by atoms with Crippen LogP contribution >= 0.6 is 0 Å². The van der Waals surface area contributed by atoms with Gasteiger partial charge in [0.1, 0.15) is 5.82 Å². The third-order valence-electron chi connectivity index (χ3n) is 5.97. The second-order valence-electron chi connectivity index (χ2n) is 8.25. The van der Waals surface area contributed by atoms with Gasteiger partial charge in [-0.3, -0.25) is 0 Å². The predicted molar refractivity (Wildman–Crippen MR) is 108 cm³/mol. The van der Waals surface area contributed by atoms with E-state index in [1.807, 2.05) is 24.3 Å². The smallest absolute Gasteiger partial charge is 0.231 e. The average molecular weight is 399 g/mol. The van der Waals surface area contributed by atoms with Crippen LogP contribution in [0.25, 0.3) is 0 Å². The van der Waals surface area contributed by atoms with E-state index in [0.717, 1.165) is 28.6 Å². The molecule has 2 heterocycles. The van der Waals surface area contributed by atoms with Crippen LogP contribution in [-0.2, 0) is 13.0 Å². The fourth-order valence-electron chi connectivity index (χ4n) is 4.33. The minimum Gasteiger partial charge on any atom is -0.454 e. The standard InChI is InChI=1S/C22H29N3O4/c1-13(2)22-23-6-5-15(25-22)8-16-17(11-26)19(27)9-18(16)24-10-14-3-4-20-21(7-14)29-12-28-20/h3-7,13,16-19,24,26-27H,8-12H2,1-2H3/t16-,17-,18-,19-/m1/s1. The van der Waals surface area contributed by atoms with Crippen LogP contribution in [0.1, 0.15) is 43.3 Å². The van der Waals surface area contributed by atoms with Crippen LogP contribution in [0.3, 0.4) is 0 Å². The molecule has 0 amide bonds. The van der Waals surface area contributed by atoms with Crippen molar-refractivity contribution in [1.29, 1.82) is 0 Å². The number of nitrogens with zero attached hydrogens (tertiary/aromatic N) is 2. The number of hydrogen-bond acceptors (Lipinski definition) is 7. The van der Waals surface area contributed by atoms with Gasteiger partial charge in [0.2, 0.25) is 6.79 Å². The van der Waals surface area contributed by atoms with Gasteiger partial charge in [-0.15, -0.1) is 0 Å². The van der Waals surface area contributed by atoms with E-state index >= 15 is 0 Å². The fraction of sp³-hybridized carbons (Fsp3) is 0.545. The number of aliphatic hydroxyl groups excluding tert-OH is 2.